The topological polar surface area (TPSA) is 150 Å². The van der Waals surface area contributed by atoms with Crippen LogP contribution in [-0.2, 0) is 4.74 Å². The Kier molecular flexibility index (Phi) is 5.66. The van der Waals surface area contributed by atoms with Crippen molar-refractivity contribution in [3.8, 4) is 28.6 Å². The molecule has 0 bridgehead atoms. The van der Waals surface area contributed by atoms with Gasteiger partial charge in [-0.05, 0) is 12.5 Å². The summed E-state index contributed by atoms with van der Waals surface area (Å²) in [6.07, 6.45) is -7.30. The fourth-order valence-electron chi connectivity index (χ4n) is 3.58. The summed E-state index contributed by atoms with van der Waals surface area (Å²) in [5, 5.41) is 51.0. The van der Waals surface area contributed by atoms with E-state index < -0.39 is 47.6 Å². The Morgan fingerprint density at radius 1 is 1.00 bits per heavy atom. The van der Waals surface area contributed by atoms with Crippen LogP contribution in [0.5, 0.6) is 17.2 Å². The van der Waals surface area contributed by atoms with Crippen LogP contribution in [0.25, 0.3) is 22.3 Å². The lowest BCUT2D eigenvalue weighted by molar-refractivity contribution is -0.263. The fraction of sp³-hybridized carbons (Fsp3) is 0.261. The van der Waals surface area contributed by atoms with Crippen LogP contribution in [0.4, 0.5) is 0 Å². The highest BCUT2D eigenvalue weighted by Gasteiger charge is 2.45. The average molecular weight is 442 g/mol. The van der Waals surface area contributed by atoms with E-state index in [1.807, 2.05) is 0 Å². The maximum atomic E-state index is 12.6. The third-order valence-electron chi connectivity index (χ3n) is 5.29. The highest BCUT2D eigenvalue weighted by atomic mass is 16.7. The summed E-state index contributed by atoms with van der Waals surface area (Å²) in [7, 11) is 0. The molecule has 5 atom stereocenters. The summed E-state index contributed by atoms with van der Waals surface area (Å²) in [5.74, 6) is -1.68. The largest absolute Gasteiger partial charge is 0.504 e. The molecule has 0 unspecified atom stereocenters. The zero-order valence-corrected chi connectivity index (χ0v) is 17.0. The molecule has 2 heterocycles. The van der Waals surface area contributed by atoms with Crippen LogP contribution in [0.1, 0.15) is 6.92 Å². The summed E-state index contributed by atoms with van der Waals surface area (Å²) in [6, 6.07) is 11.2. The third-order valence-corrected chi connectivity index (χ3v) is 5.29. The molecule has 2 aromatic carbocycles. The zero-order chi connectivity index (χ0) is 23.2. The quantitative estimate of drug-likeness (QED) is 0.300. The van der Waals surface area contributed by atoms with Crippen molar-refractivity contribution in [2.45, 2.75) is 37.6 Å². The van der Waals surface area contributed by atoms with Gasteiger partial charge in [-0.25, -0.2) is 0 Å². The van der Waals surface area contributed by atoms with Crippen LogP contribution >= 0.6 is 0 Å². The normalized spacial score (nSPS) is 25.6. The Hall–Kier alpha value is -3.37. The molecule has 0 amide bonds. The molecule has 0 radical (unpaired) electrons. The van der Waals surface area contributed by atoms with E-state index in [0.29, 0.717) is 11.1 Å². The number of hydrogen-bond donors (Lipinski definition) is 5. The van der Waals surface area contributed by atoms with Gasteiger partial charge in [0.25, 0.3) is 0 Å². The highest BCUT2D eigenvalue weighted by molar-refractivity contribution is 5.89. The standard InChI is InChI=1S/C23H22O9/c1-10(2)22-20(28)19(27)21(29)23(32-22)31-15-9-14-16(18(26)17(15)25)12(24)8-13(30-14)11-6-4-3-5-7-11/h3-9,19-23,25-29H,1H2,2H3/t19-,20-,21+,22+,23+/m0/s1. The number of phenolic OH excluding ortho intramolecular Hbond substituents is 2. The van der Waals surface area contributed by atoms with Crippen molar-refractivity contribution in [3.05, 3.63) is 64.8 Å². The van der Waals surface area contributed by atoms with Crippen LogP contribution in [0, 0.1) is 0 Å². The molecular formula is C23H22O9. The van der Waals surface area contributed by atoms with Gasteiger partial charge < -0.3 is 39.4 Å². The van der Waals surface area contributed by atoms with Crippen molar-refractivity contribution >= 4 is 11.0 Å². The molecule has 1 aliphatic rings. The minimum absolute atomic E-state index is 0.0796. The molecule has 0 aliphatic carbocycles. The van der Waals surface area contributed by atoms with Crippen molar-refractivity contribution in [2.75, 3.05) is 0 Å². The first-order valence-electron chi connectivity index (χ1n) is 9.79. The summed E-state index contributed by atoms with van der Waals surface area (Å²) >= 11 is 0. The molecule has 5 N–H and O–H groups in total. The Morgan fingerprint density at radius 3 is 2.34 bits per heavy atom. The van der Waals surface area contributed by atoms with E-state index in [-0.39, 0.29) is 22.5 Å². The Labute approximate surface area is 182 Å². The summed E-state index contributed by atoms with van der Waals surface area (Å²) in [5.41, 5.74) is 0.332. The summed E-state index contributed by atoms with van der Waals surface area (Å²) in [6.45, 7) is 5.24. The van der Waals surface area contributed by atoms with Crippen molar-refractivity contribution in [3.63, 3.8) is 0 Å². The summed E-state index contributed by atoms with van der Waals surface area (Å²) in [4.78, 5) is 12.6. The first-order valence-corrected chi connectivity index (χ1v) is 9.79. The van der Waals surface area contributed by atoms with Crippen LogP contribution in [0.15, 0.2) is 63.8 Å². The molecule has 4 rings (SSSR count). The van der Waals surface area contributed by atoms with Gasteiger partial charge in [-0.15, -0.1) is 0 Å². The second-order valence-electron chi connectivity index (χ2n) is 7.65. The second-order valence-corrected chi connectivity index (χ2v) is 7.65. The predicted octanol–water partition coefficient (Wildman–Crippen LogP) is 1.63. The lowest BCUT2D eigenvalue weighted by Gasteiger charge is -2.40. The van der Waals surface area contributed by atoms with E-state index in [1.165, 1.54) is 12.1 Å². The zero-order valence-electron chi connectivity index (χ0n) is 17.0. The van der Waals surface area contributed by atoms with Crippen LogP contribution in [-0.4, -0.2) is 56.2 Å². The van der Waals surface area contributed by atoms with Gasteiger partial charge in [-0.1, -0.05) is 36.9 Å². The summed E-state index contributed by atoms with van der Waals surface area (Å²) < 4.78 is 16.8. The molecule has 1 aromatic heterocycles. The molecule has 1 aliphatic heterocycles. The molecule has 9 heteroatoms. The Balaban J connectivity index is 1.77. The van der Waals surface area contributed by atoms with E-state index in [0.717, 1.165) is 0 Å². The van der Waals surface area contributed by atoms with Gasteiger partial charge in [0.05, 0.1) is 0 Å². The lowest BCUT2D eigenvalue weighted by atomic mass is 9.95. The molecule has 0 spiro atoms. The molecular weight excluding hydrogens is 420 g/mol. The number of aliphatic hydroxyl groups excluding tert-OH is 3. The molecule has 32 heavy (non-hydrogen) atoms. The van der Waals surface area contributed by atoms with E-state index in [2.05, 4.69) is 6.58 Å². The SMILES string of the molecule is C=C(C)[C@H]1O[C@@H](Oc2cc3oc(-c4ccccc4)cc(=O)c3c(O)c2O)[C@H](O)[C@@H](O)[C@@H]1O. The van der Waals surface area contributed by atoms with Crippen molar-refractivity contribution in [2.24, 2.45) is 0 Å². The molecule has 168 valence electrons. The van der Waals surface area contributed by atoms with Gasteiger partial charge in [-0.3, -0.25) is 4.79 Å². The van der Waals surface area contributed by atoms with Gasteiger partial charge in [0.1, 0.15) is 41.1 Å². The van der Waals surface area contributed by atoms with Crippen LogP contribution in [0.2, 0.25) is 0 Å². The second kappa shape index (κ2) is 8.29. The van der Waals surface area contributed by atoms with Crippen LogP contribution in [0.3, 0.4) is 0 Å². The lowest BCUT2D eigenvalue weighted by Crippen LogP contribution is -2.59. The van der Waals surface area contributed by atoms with E-state index in [4.69, 9.17) is 13.9 Å². The number of phenols is 2. The van der Waals surface area contributed by atoms with E-state index in [9.17, 15) is 30.3 Å². The van der Waals surface area contributed by atoms with Crippen LogP contribution < -0.4 is 10.2 Å². The van der Waals surface area contributed by atoms with E-state index in [1.54, 1.807) is 37.3 Å². The van der Waals surface area contributed by atoms with Crippen molar-refractivity contribution in [1.29, 1.82) is 0 Å². The third kappa shape index (κ3) is 3.71. The van der Waals surface area contributed by atoms with E-state index >= 15 is 0 Å². The minimum atomic E-state index is -1.68. The first kappa shape index (κ1) is 21.8. The van der Waals surface area contributed by atoms with Crippen molar-refractivity contribution < 1.29 is 39.4 Å². The molecule has 3 aromatic rings. The number of benzene rings is 2. The molecule has 9 nitrogen and oxygen atoms in total. The van der Waals surface area contributed by atoms with Crippen molar-refractivity contribution in [1.82, 2.24) is 0 Å². The molecule has 1 fully saturated rings. The highest BCUT2D eigenvalue weighted by Crippen LogP contribution is 2.42. The average Bonchev–Trinajstić information content (AvgIpc) is 2.77. The Bertz CT molecular complexity index is 1220. The number of rotatable bonds is 4. The maximum Gasteiger partial charge on any atom is 0.229 e. The number of fused-ring (bicyclic) bond motifs is 1. The Morgan fingerprint density at radius 2 is 1.69 bits per heavy atom. The number of aromatic hydroxyl groups is 2. The number of aliphatic hydroxyl groups is 3. The fourth-order valence-corrected chi connectivity index (χ4v) is 3.58. The maximum absolute atomic E-state index is 12.6. The van der Waals surface area contributed by atoms with Gasteiger partial charge in [-0.2, -0.15) is 0 Å². The number of hydrogen-bond acceptors (Lipinski definition) is 9. The number of ether oxygens (including phenoxy) is 2. The monoisotopic (exact) mass is 442 g/mol. The van der Waals surface area contributed by atoms with Gasteiger partial charge >= 0.3 is 0 Å². The van der Waals surface area contributed by atoms with Gasteiger partial charge in [0.2, 0.25) is 12.0 Å². The molecule has 1 saturated heterocycles. The molecule has 0 saturated carbocycles. The minimum Gasteiger partial charge on any atom is -0.504 e. The predicted molar refractivity (Wildman–Crippen MR) is 113 cm³/mol. The van der Waals surface area contributed by atoms with Gasteiger partial charge in [0, 0.05) is 17.7 Å². The smallest absolute Gasteiger partial charge is 0.229 e. The first-order chi connectivity index (χ1) is 15.2. The van der Waals surface area contributed by atoms with Gasteiger partial charge in [0.15, 0.2) is 16.9 Å².